The molecule has 1 aromatic carbocycles. The maximum atomic E-state index is 12.6. The normalized spacial score (nSPS) is 17.2. The first-order chi connectivity index (χ1) is 12.8. The quantitative estimate of drug-likeness (QED) is 0.872. The largest absolute Gasteiger partial charge is 0.339 e. The third-order valence-corrected chi connectivity index (χ3v) is 5.17. The van der Waals surface area contributed by atoms with Crippen molar-refractivity contribution in [3.8, 4) is 0 Å². The summed E-state index contributed by atoms with van der Waals surface area (Å²) in [6.07, 6.45) is 1.59. The number of amides is 4. The van der Waals surface area contributed by atoms with Gasteiger partial charge in [0.1, 0.15) is 0 Å². The van der Waals surface area contributed by atoms with Crippen molar-refractivity contribution in [1.82, 2.24) is 15.1 Å². The topological polar surface area (TPSA) is 73.0 Å². The van der Waals surface area contributed by atoms with Crippen molar-refractivity contribution in [2.75, 3.05) is 38.1 Å². The van der Waals surface area contributed by atoms with E-state index in [4.69, 9.17) is 0 Å². The monoisotopic (exact) mass is 372 g/mol. The lowest BCUT2D eigenvalue weighted by atomic mass is 9.98. The Morgan fingerprint density at radius 2 is 1.74 bits per heavy atom. The van der Waals surface area contributed by atoms with Gasteiger partial charge < -0.3 is 20.0 Å². The second kappa shape index (κ2) is 7.98. The van der Waals surface area contributed by atoms with Crippen molar-refractivity contribution in [2.24, 2.45) is 0 Å². The molecular weight excluding hydrogens is 344 g/mol. The average Bonchev–Trinajstić information content (AvgIpc) is 2.64. The number of hydrogen-bond acceptors (Lipinski definition) is 3. The minimum Gasteiger partial charge on any atom is -0.339 e. The molecule has 2 aliphatic heterocycles. The van der Waals surface area contributed by atoms with E-state index in [0.29, 0.717) is 39.0 Å². The average molecular weight is 372 g/mol. The second-order valence-corrected chi connectivity index (χ2v) is 7.56. The zero-order valence-corrected chi connectivity index (χ0v) is 16.3. The smallest absolute Gasteiger partial charge is 0.317 e. The van der Waals surface area contributed by atoms with Gasteiger partial charge in [0.15, 0.2) is 0 Å². The zero-order valence-electron chi connectivity index (χ0n) is 16.3. The van der Waals surface area contributed by atoms with Crippen molar-refractivity contribution in [2.45, 2.75) is 39.2 Å². The molecule has 0 aromatic heterocycles. The van der Waals surface area contributed by atoms with Crippen molar-refractivity contribution in [3.63, 3.8) is 0 Å². The summed E-state index contributed by atoms with van der Waals surface area (Å²) in [5.41, 5.74) is 3.03. The lowest BCUT2D eigenvalue weighted by Crippen LogP contribution is -2.54. The van der Waals surface area contributed by atoms with Crippen molar-refractivity contribution in [3.05, 3.63) is 29.3 Å². The Bertz CT molecular complexity index is 739. The number of nitrogens with one attached hydrogen (secondary N) is 1. The van der Waals surface area contributed by atoms with E-state index in [1.807, 2.05) is 36.9 Å². The van der Waals surface area contributed by atoms with Gasteiger partial charge in [-0.15, -0.1) is 0 Å². The fourth-order valence-electron chi connectivity index (χ4n) is 3.60. The first-order valence-corrected chi connectivity index (χ1v) is 9.56. The third kappa shape index (κ3) is 4.40. The molecule has 7 nitrogen and oxygen atoms in total. The molecule has 0 spiro atoms. The van der Waals surface area contributed by atoms with E-state index in [9.17, 15) is 14.4 Å². The van der Waals surface area contributed by atoms with Crippen LogP contribution in [0.1, 0.15) is 31.4 Å². The molecule has 0 aliphatic carbocycles. The molecule has 0 saturated carbocycles. The molecule has 1 aromatic rings. The summed E-state index contributed by atoms with van der Waals surface area (Å²) in [5.74, 6) is 0.213. The van der Waals surface area contributed by atoms with Gasteiger partial charge in [0, 0.05) is 51.4 Å². The van der Waals surface area contributed by atoms with Gasteiger partial charge in [-0.25, -0.2) is 4.79 Å². The van der Waals surface area contributed by atoms with Crippen LogP contribution < -0.4 is 10.2 Å². The Labute approximate surface area is 160 Å². The van der Waals surface area contributed by atoms with Gasteiger partial charge in [-0.2, -0.15) is 0 Å². The number of carbonyl (C=O) groups excluding carboxylic acids is 3. The first kappa shape index (κ1) is 19.2. The van der Waals surface area contributed by atoms with Gasteiger partial charge in [-0.3, -0.25) is 9.59 Å². The number of fused-ring (bicyclic) bond motifs is 1. The van der Waals surface area contributed by atoms with Crippen LogP contribution >= 0.6 is 0 Å². The van der Waals surface area contributed by atoms with Crippen LogP contribution in [-0.4, -0.2) is 66.9 Å². The van der Waals surface area contributed by atoms with Gasteiger partial charge in [0.25, 0.3) is 0 Å². The van der Waals surface area contributed by atoms with Crippen LogP contribution in [0.25, 0.3) is 0 Å². The van der Waals surface area contributed by atoms with Crippen LogP contribution in [-0.2, 0) is 22.4 Å². The number of nitrogens with zero attached hydrogens (tertiary/aromatic N) is 3. The molecule has 1 fully saturated rings. The summed E-state index contributed by atoms with van der Waals surface area (Å²) in [5, 5.41) is 2.89. The Hall–Kier alpha value is -2.57. The highest BCUT2D eigenvalue weighted by molar-refractivity contribution is 5.96. The van der Waals surface area contributed by atoms with E-state index >= 15 is 0 Å². The summed E-state index contributed by atoms with van der Waals surface area (Å²) in [6.45, 7) is 6.11. The molecule has 27 heavy (non-hydrogen) atoms. The Kier molecular flexibility index (Phi) is 5.68. The highest BCUT2D eigenvalue weighted by atomic mass is 16.2. The van der Waals surface area contributed by atoms with E-state index in [0.717, 1.165) is 23.2 Å². The molecule has 0 radical (unpaired) electrons. The number of anilines is 1. The highest BCUT2D eigenvalue weighted by Crippen LogP contribution is 2.27. The van der Waals surface area contributed by atoms with E-state index in [1.54, 1.807) is 16.8 Å². The first-order valence-electron chi connectivity index (χ1n) is 9.56. The minimum absolute atomic E-state index is 0.0644. The van der Waals surface area contributed by atoms with Crippen molar-refractivity contribution in [1.29, 1.82) is 0 Å². The molecule has 4 amide bonds. The van der Waals surface area contributed by atoms with E-state index in [2.05, 4.69) is 5.32 Å². The van der Waals surface area contributed by atoms with Crippen molar-refractivity contribution >= 4 is 23.5 Å². The molecule has 1 N–H and O–H groups in total. The zero-order chi connectivity index (χ0) is 19.6. The number of piperazine rings is 1. The molecular formula is C20H28N4O3. The molecule has 146 valence electrons. The SMILES string of the molecule is CC(C)NC(=O)N1CCN(C(=O)Cc2ccc3c(c2)CCC(=O)N3C)CC1. The molecule has 3 rings (SSSR count). The van der Waals surface area contributed by atoms with Crippen LogP contribution in [0, 0.1) is 0 Å². The van der Waals surface area contributed by atoms with Crippen LogP contribution in [0.2, 0.25) is 0 Å². The van der Waals surface area contributed by atoms with Gasteiger partial charge in [-0.1, -0.05) is 12.1 Å². The van der Waals surface area contributed by atoms with Gasteiger partial charge in [0.2, 0.25) is 11.8 Å². The predicted octanol–water partition coefficient (Wildman–Crippen LogP) is 1.40. The Balaban J connectivity index is 1.56. The number of urea groups is 1. The van der Waals surface area contributed by atoms with Gasteiger partial charge >= 0.3 is 6.03 Å². The molecule has 0 atom stereocenters. The summed E-state index contributed by atoms with van der Waals surface area (Å²) in [7, 11) is 1.79. The minimum atomic E-state index is -0.0644. The maximum absolute atomic E-state index is 12.6. The van der Waals surface area contributed by atoms with E-state index < -0.39 is 0 Å². The molecule has 0 unspecified atom stereocenters. The Morgan fingerprint density at radius 3 is 2.41 bits per heavy atom. The molecule has 0 bridgehead atoms. The fourth-order valence-corrected chi connectivity index (χ4v) is 3.60. The van der Waals surface area contributed by atoms with Gasteiger partial charge in [0.05, 0.1) is 6.42 Å². The van der Waals surface area contributed by atoms with Crippen LogP contribution in [0.15, 0.2) is 18.2 Å². The predicted molar refractivity (Wildman–Crippen MR) is 104 cm³/mol. The molecule has 7 heteroatoms. The second-order valence-electron chi connectivity index (χ2n) is 7.56. The van der Waals surface area contributed by atoms with Crippen molar-refractivity contribution < 1.29 is 14.4 Å². The van der Waals surface area contributed by atoms with Crippen LogP contribution in [0.5, 0.6) is 0 Å². The lowest BCUT2D eigenvalue weighted by molar-refractivity contribution is -0.131. The number of carbonyl (C=O) groups is 3. The maximum Gasteiger partial charge on any atom is 0.317 e. The van der Waals surface area contributed by atoms with E-state index in [1.165, 1.54) is 0 Å². The van der Waals surface area contributed by atoms with Gasteiger partial charge in [-0.05, 0) is 37.5 Å². The molecule has 2 aliphatic rings. The number of benzene rings is 1. The lowest BCUT2D eigenvalue weighted by Gasteiger charge is -2.35. The van der Waals surface area contributed by atoms with E-state index in [-0.39, 0.29) is 23.9 Å². The summed E-state index contributed by atoms with van der Waals surface area (Å²) < 4.78 is 0. The highest BCUT2D eigenvalue weighted by Gasteiger charge is 2.25. The summed E-state index contributed by atoms with van der Waals surface area (Å²) in [4.78, 5) is 41.8. The Morgan fingerprint density at radius 1 is 1.07 bits per heavy atom. The summed E-state index contributed by atoms with van der Waals surface area (Å²) in [6, 6.07) is 5.95. The number of hydrogen-bond donors (Lipinski definition) is 1. The van der Waals surface area contributed by atoms with Crippen LogP contribution in [0.4, 0.5) is 10.5 Å². The van der Waals surface area contributed by atoms with Crippen LogP contribution in [0.3, 0.4) is 0 Å². The third-order valence-electron chi connectivity index (χ3n) is 5.17. The number of rotatable bonds is 3. The number of aryl methyl sites for hydroxylation is 1. The fraction of sp³-hybridized carbons (Fsp3) is 0.550. The standard InChI is InChI=1S/C20H28N4O3/c1-14(2)21-20(27)24-10-8-23(9-11-24)19(26)13-15-4-6-17-16(12-15)5-7-18(25)22(17)3/h4,6,12,14H,5,7-11,13H2,1-3H3,(H,21,27). The molecule has 2 heterocycles. The molecule has 1 saturated heterocycles. The summed E-state index contributed by atoms with van der Waals surface area (Å²) >= 11 is 0.